The van der Waals surface area contributed by atoms with Gasteiger partial charge in [-0.2, -0.15) is 0 Å². The maximum Gasteiger partial charge on any atom is 0.221 e. The van der Waals surface area contributed by atoms with Gasteiger partial charge in [0.05, 0.1) is 0 Å². The highest BCUT2D eigenvalue weighted by atomic mass is 16.5. The zero-order valence-electron chi connectivity index (χ0n) is 18.7. The van der Waals surface area contributed by atoms with Gasteiger partial charge in [-0.1, -0.05) is 72.8 Å². The third-order valence-electron chi connectivity index (χ3n) is 5.99. The van der Waals surface area contributed by atoms with Crippen molar-refractivity contribution in [2.45, 2.75) is 44.9 Å². The summed E-state index contributed by atoms with van der Waals surface area (Å²) in [5.74, 6) is -0.0421. The summed E-state index contributed by atoms with van der Waals surface area (Å²) in [4.78, 5) is 13.9. The molecule has 0 radical (unpaired) electrons. The van der Waals surface area contributed by atoms with Crippen LogP contribution in [0.3, 0.4) is 0 Å². The maximum absolute atomic E-state index is 11.4. The first-order valence-corrected chi connectivity index (χ1v) is 11.5. The fourth-order valence-electron chi connectivity index (χ4n) is 4.41. The molecule has 3 aromatic carbocycles. The van der Waals surface area contributed by atoms with Crippen LogP contribution in [0.5, 0.6) is 0 Å². The van der Waals surface area contributed by atoms with E-state index in [1.165, 1.54) is 36.5 Å². The first kappa shape index (κ1) is 22.3. The van der Waals surface area contributed by atoms with Crippen molar-refractivity contribution in [1.29, 1.82) is 0 Å². The van der Waals surface area contributed by atoms with Crippen LogP contribution in [0, 0.1) is 0 Å². The topological polar surface area (TPSA) is 41.6 Å². The zero-order chi connectivity index (χ0) is 22.2. The number of nitrogens with one attached hydrogen (secondary N) is 1. The molecule has 0 aromatic heterocycles. The number of hydrogen-bond donors (Lipinski definition) is 1. The molecule has 1 aliphatic rings. The molecule has 0 bridgehead atoms. The van der Waals surface area contributed by atoms with E-state index in [-0.39, 0.29) is 18.2 Å². The number of carbonyl (C=O) groups excluding carboxylic acids is 1. The SMILES string of the molecule is CC(=O)Nc1cccc(CCN2CCCCC2OC(c2ccccc2)c2ccccc2)c1. The monoisotopic (exact) mass is 428 g/mol. The summed E-state index contributed by atoms with van der Waals surface area (Å²) in [5.41, 5.74) is 4.46. The number of amides is 1. The normalized spacial score (nSPS) is 16.8. The van der Waals surface area contributed by atoms with Crippen LogP contribution in [0.25, 0.3) is 0 Å². The second kappa shape index (κ2) is 11.1. The molecule has 1 saturated heterocycles. The zero-order valence-corrected chi connectivity index (χ0v) is 18.7. The van der Waals surface area contributed by atoms with Crippen molar-refractivity contribution in [3.8, 4) is 0 Å². The van der Waals surface area contributed by atoms with Crippen molar-refractivity contribution in [3.63, 3.8) is 0 Å². The Balaban J connectivity index is 1.47. The molecule has 166 valence electrons. The molecule has 1 N–H and O–H groups in total. The van der Waals surface area contributed by atoms with E-state index in [0.717, 1.165) is 31.6 Å². The van der Waals surface area contributed by atoms with Crippen molar-refractivity contribution >= 4 is 11.6 Å². The summed E-state index contributed by atoms with van der Waals surface area (Å²) in [5, 5.41) is 2.88. The van der Waals surface area contributed by atoms with Crippen LogP contribution in [0.15, 0.2) is 84.9 Å². The van der Waals surface area contributed by atoms with Gasteiger partial charge >= 0.3 is 0 Å². The molecule has 3 aromatic rings. The highest BCUT2D eigenvalue weighted by Gasteiger charge is 2.27. The molecule has 1 fully saturated rings. The Morgan fingerprint density at radius 2 is 1.66 bits per heavy atom. The molecule has 4 nitrogen and oxygen atoms in total. The molecule has 1 amide bonds. The molecule has 1 unspecified atom stereocenters. The van der Waals surface area contributed by atoms with Gasteiger partial charge in [-0.25, -0.2) is 0 Å². The van der Waals surface area contributed by atoms with Gasteiger partial charge in [0.1, 0.15) is 12.3 Å². The number of nitrogens with zero attached hydrogens (tertiary/aromatic N) is 1. The lowest BCUT2D eigenvalue weighted by molar-refractivity contribution is -0.114. The molecule has 1 atom stereocenters. The fraction of sp³-hybridized carbons (Fsp3) is 0.321. The minimum absolute atomic E-state index is 0.0421. The van der Waals surface area contributed by atoms with E-state index in [2.05, 4.69) is 70.9 Å². The third kappa shape index (κ3) is 6.06. The van der Waals surface area contributed by atoms with E-state index >= 15 is 0 Å². The molecule has 0 spiro atoms. The molecular formula is C28H32N2O2. The first-order chi connectivity index (χ1) is 15.7. The minimum atomic E-state index is -0.0777. The van der Waals surface area contributed by atoms with Crippen molar-refractivity contribution in [1.82, 2.24) is 4.90 Å². The van der Waals surface area contributed by atoms with Crippen LogP contribution >= 0.6 is 0 Å². The minimum Gasteiger partial charge on any atom is -0.350 e. The first-order valence-electron chi connectivity index (χ1n) is 11.5. The van der Waals surface area contributed by atoms with Crippen LogP contribution in [0.2, 0.25) is 0 Å². The second-order valence-electron chi connectivity index (χ2n) is 8.46. The van der Waals surface area contributed by atoms with Crippen LogP contribution in [-0.2, 0) is 16.0 Å². The Morgan fingerprint density at radius 3 is 2.31 bits per heavy atom. The van der Waals surface area contributed by atoms with Gasteiger partial charge in [0.15, 0.2) is 0 Å². The highest BCUT2D eigenvalue weighted by Crippen LogP contribution is 2.31. The summed E-state index contributed by atoms with van der Waals surface area (Å²) >= 11 is 0. The van der Waals surface area contributed by atoms with E-state index < -0.39 is 0 Å². The Labute approximate surface area is 191 Å². The molecular weight excluding hydrogens is 396 g/mol. The van der Waals surface area contributed by atoms with E-state index in [4.69, 9.17) is 4.74 Å². The van der Waals surface area contributed by atoms with E-state index in [1.807, 2.05) is 24.3 Å². The number of benzene rings is 3. The van der Waals surface area contributed by atoms with Crippen LogP contribution in [0.1, 0.15) is 49.0 Å². The van der Waals surface area contributed by atoms with Crippen LogP contribution in [0.4, 0.5) is 5.69 Å². The third-order valence-corrected chi connectivity index (χ3v) is 5.99. The molecule has 0 saturated carbocycles. The molecule has 0 aliphatic carbocycles. The van der Waals surface area contributed by atoms with Gasteiger partial charge in [0, 0.05) is 25.7 Å². The second-order valence-corrected chi connectivity index (χ2v) is 8.46. The smallest absolute Gasteiger partial charge is 0.221 e. The summed E-state index contributed by atoms with van der Waals surface area (Å²) in [6, 6.07) is 29.2. The lowest BCUT2D eigenvalue weighted by Crippen LogP contribution is -2.43. The number of likely N-dealkylation sites (tertiary alicyclic amines) is 1. The average molecular weight is 429 g/mol. The number of ether oxygens (including phenoxy) is 1. The molecule has 32 heavy (non-hydrogen) atoms. The Kier molecular flexibility index (Phi) is 7.70. The van der Waals surface area contributed by atoms with E-state index in [1.54, 1.807) is 0 Å². The maximum atomic E-state index is 11.4. The van der Waals surface area contributed by atoms with Gasteiger partial charge < -0.3 is 10.1 Å². The number of hydrogen-bond acceptors (Lipinski definition) is 3. The Bertz CT molecular complexity index is 951. The van der Waals surface area contributed by atoms with Crippen molar-refractivity contribution < 1.29 is 9.53 Å². The molecule has 4 rings (SSSR count). The average Bonchev–Trinajstić information content (AvgIpc) is 2.83. The summed E-state index contributed by atoms with van der Waals surface area (Å²) < 4.78 is 6.81. The quantitative estimate of drug-likeness (QED) is 0.493. The van der Waals surface area contributed by atoms with E-state index in [9.17, 15) is 4.79 Å². The largest absolute Gasteiger partial charge is 0.350 e. The Hall–Kier alpha value is -2.95. The summed E-state index contributed by atoms with van der Waals surface area (Å²) in [6.45, 7) is 3.52. The number of anilines is 1. The van der Waals surface area contributed by atoms with Crippen LogP contribution < -0.4 is 5.32 Å². The van der Waals surface area contributed by atoms with Gasteiger partial charge in [-0.15, -0.1) is 0 Å². The van der Waals surface area contributed by atoms with Crippen molar-refractivity contribution in [2.24, 2.45) is 0 Å². The van der Waals surface area contributed by atoms with Crippen LogP contribution in [-0.4, -0.2) is 30.1 Å². The van der Waals surface area contributed by atoms with Gasteiger partial charge in [0.2, 0.25) is 5.91 Å². The fourth-order valence-corrected chi connectivity index (χ4v) is 4.41. The lowest BCUT2D eigenvalue weighted by atomic mass is 10.0. The molecule has 4 heteroatoms. The number of rotatable bonds is 8. The summed E-state index contributed by atoms with van der Waals surface area (Å²) in [7, 11) is 0. The van der Waals surface area contributed by atoms with Crippen molar-refractivity contribution in [3.05, 3.63) is 102 Å². The van der Waals surface area contributed by atoms with Gasteiger partial charge in [0.25, 0.3) is 0 Å². The predicted molar refractivity (Wildman–Crippen MR) is 129 cm³/mol. The Morgan fingerprint density at radius 1 is 0.969 bits per heavy atom. The molecule has 1 aliphatic heterocycles. The number of piperidine rings is 1. The predicted octanol–water partition coefficient (Wildman–Crippen LogP) is 5.81. The van der Waals surface area contributed by atoms with E-state index in [0.29, 0.717) is 0 Å². The number of carbonyl (C=O) groups is 1. The summed E-state index contributed by atoms with van der Waals surface area (Å²) in [6.07, 6.45) is 4.37. The van der Waals surface area contributed by atoms with Gasteiger partial charge in [-0.05, 0) is 54.5 Å². The highest BCUT2D eigenvalue weighted by molar-refractivity contribution is 5.88. The van der Waals surface area contributed by atoms with Crippen molar-refractivity contribution in [2.75, 3.05) is 18.4 Å². The molecule has 1 heterocycles. The van der Waals surface area contributed by atoms with Gasteiger partial charge in [-0.3, -0.25) is 9.69 Å². The standard InChI is InChI=1S/C28H32N2O2/c1-22(31)29-26-16-10-11-23(21-26)18-20-30-19-9-8-17-27(30)32-28(24-12-4-2-5-13-24)25-14-6-3-7-15-25/h2-7,10-16,21,27-28H,8-9,17-20H2,1H3,(H,29,31). The lowest BCUT2D eigenvalue weighted by Gasteiger charge is -2.38.